The SMILES string of the molecule is COc1ccc(C(=O)N2CCCN(c3nc(-c4ccccc4)nc(C)c3Cc3ccccc3)CC2)cc1. The highest BCUT2D eigenvalue weighted by Crippen LogP contribution is 2.28. The fourth-order valence-electron chi connectivity index (χ4n) is 4.81. The van der Waals surface area contributed by atoms with Gasteiger partial charge in [-0.05, 0) is 43.2 Å². The van der Waals surface area contributed by atoms with Crippen LogP contribution in [-0.2, 0) is 6.42 Å². The Labute approximate surface area is 218 Å². The van der Waals surface area contributed by atoms with Crippen LogP contribution in [0, 0.1) is 6.92 Å². The number of aryl methyl sites for hydroxylation is 1. The zero-order valence-electron chi connectivity index (χ0n) is 21.4. The molecule has 0 bridgehead atoms. The molecule has 1 saturated heterocycles. The van der Waals surface area contributed by atoms with E-state index >= 15 is 0 Å². The first-order valence-corrected chi connectivity index (χ1v) is 12.8. The Morgan fingerprint density at radius 3 is 2.24 bits per heavy atom. The van der Waals surface area contributed by atoms with Gasteiger partial charge in [-0.15, -0.1) is 0 Å². The molecule has 0 saturated carbocycles. The maximum absolute atomic E-state index is 13.2. The monoisotopic (exact) mass is 492 g/mol. The van der Waals surface area contributed by atoms with Crippen LogP contribution >= 0.6 is 0 Å². The van der Waals surface area contributed by atoms with E-state index in [2.05, 4.69) is 36.1 Å². The molecule has 0 radical (unpaired) electrons. The van der Waals surface area contributed by atoms with Gasteiger partial charge >= 0.3 is 0 Å². The van der Waals surface area contributed by atoms with Gasteiger partial charge in [0.25, 0.3) is 5.91 Å². The first-order chi connectivity index (χ1) is 18.1. The minimum Gasteiger partial charge on any atom is -0.497 e. The minimum atomic E-state index is 0.0536. The summed E-state index contributed by atoms with van der Waals surface area (Å²) in [6, 6.07) is 27.9. The van der Waals surface area contributed by atoms with Crippen molar-refractivity contribution in [1.29, 1.82) is 0 Å². The molecule has 6 nitrogen and oxygen atoms in total. The molecule has 5 rings (SSSR count). The third-order valence-corrected chi connectivity index (χ3v) is 6.87. The number of methoxy groups -OCH3 is 1. The van der Waals surface area contributed by atoms with E-state index in [0.717, 1.165) is 53.6 Å². The molecule has 0 aliphatic carbocycles. The number of aromatic nitrogens is 2. The van der Waals surface area contributed by atoms with Crippen LogP contribution in [0.4, 0.5) is 5.82 Å². The van der Waals surface area contributed by atoms with Crippen LogP contribution in [0.1, 0.15) is 33.6 Å². The van der Waals surface area contributed by atoms with Crippen molar-refractivity contribution in [3.8, 4) is 17.1 Å². The summed E-state index contributed by atoms with van der Waals surface area (Å²) in [5, 5.41) is 0. The second-order valence-corrected chi connectivity index (χ2v) is 9.32. The standard InChI is InChI=1S/C31H32N4O2/c1-23-28(22-24-10-5-3-6-11-24)30(33-29(32-23)25-12-7-4-8-13-25)34-18-9-19-35(21-20-34)31(36)26-14-16-27(37-2)17-15-26/h3-8,10-17H,9,18-22H2,1-2H3. The van der Waals surface area contributed by atoms with Crippen molar-refractivity contribution in [2.24, 2.45) is 0 Å². The molecule has 1 amide bonds. The highest BCUT2D eigenvalue weighted by atomic mass is 16.5. The maximum Gasteiger partial charge on any atom is 0.253 e. The first-order valence-electron chi connectivity index (χ1n) is 12.8. The molecule has 0 N–H and O–H groups in total. The molecular weight excluding hydrogens is 460 g/mol. The predicted molar refractivity (Wildman–Crippen MR) is 147 cm³/mol. The van der Waals surface area contributed by atoms with E-state index in [-0.39, 0.29) is 5.91 Å². The molecule has 1 fully saturated rings. The number of ether oxygens (including phenoxy) is 1. The fraction of sp³-hybridized carbons (Fsp3) is 0.258. The molecule has 2 heterocycles. The third kappa shape index (κ3) is 5.64. The first kappa shape index (κ1) is 24.5. The smallest absolute Gasteiger partial charge is 0.253 e. The number of rotatable bonds is 6. The molecule has 1 aliphatic heterocycles. The lowest BCUT2D eigenvalue weighted by Gasteiger charge is -2.26. The Hall–Kier alpha value is -4.19. The molecule has 6 heteroatoms. The van der Waals surface area contributed by atoms with Crippen molar-refractivity contribution in [3.63, 3.8) is 0 Å². The molecule has 0 unspecified atom stereocenters. The van der Waals surface area contributed by atoms with E-state index < -0.39 is 0 Å². The number of benzene rings is 3. The van der Waals surface area contributed by atoms with Crippen LogP contribution in [0.25, 0.3) is 11.4 Å². The van der Waals surface area contributed by atoms with E-state index in [1.54, 1.807) is 7.11 Å². The quantitative estimate of drug-likeness (QED) is 0.361. The second-order valence-electron chi connectivity index (χ2n) is 9.32. The van der Waals surface area contributed by atoms with Crippen LogP contribution < -0.4 is 9.64 Å². The molecule has 188 valence electrons. The van der Waals surface area contributed by atoms with Crippen LogP contribution in [0.3, 0.4) is 0 Å². The minimum absolute atomic E-state index is 0.0536. The molecule has 0 spiro atoms. The number of hydrogen-bond acceptors (Lipinski definition) is 5. The summed E-state index contributed by atoms with van der Waals surface area (Å²) in [6.07, 6.45) is 1.64. The average Bonchev–Trinajstić information content (AvgIpc) is 3.21. The Bertz CT molecular complexity index is 1340. The van der Waals surface area contributed by atoms with Gasteiger partial charge in [0.05, 0.1) is 7.11 Å². The van der Waals surface area contributed by atoms with E-state index in [0.29, 0.717) is 25.2 Å². The summed E-state index contributed by atoms with van der Waals surface area (Å²) in [5.41, 5.74) is 5.05. The summed E-state index contributed by atoms with van der Waals surface area (Å²) in [7, 11) is 1.63. The number of hydrogen-bond donors (Lipinski definition) is 0. The number of nitrogens with zero attached hydrogens (tertiary/aromatic N) is 4. The van der Waals surface area contributed by atoms with Gasteiger partial charge in [-0.1, -0.05) is 60.7 Å². The van der Waals surface area contributed by atoms with Gasteiger partial charge in [0.1, 0.15) is 11.6 Å². The fourth-order valence-corrected chi connectivity index (χ4v) is 4.81. The average molecular weight is 493 g/mol. The Morgan fingerprint density at radius 2 is 1.54 bits per heavy atom. The lowest BCUT2D eigenvalue weighted by molar-refractivity contribution is 0.0767. The summed E-state index contributed by atoms with van der Waals surface area (Å²) >= 11 is 0. The summed E-state index contributed by atoms with van der Waals surface area (Å²) < 4.78 is 5.24. The Balaban J connectivity index is 1.43. The molecule has 1 aromatic heterocycles. The van der Waals surface area contributed by atoms with Crippen LogP contribution in [0.15, 0.2) is 84.9 Å². The van der Waals surface area contributed by atoms with Gasteiger partial charge in [0.2, 0.25) is 0 Å². The van der Waals surface area contributed by atoms with Crippen molar-refractivity contribution in [2.45, 2.75) is 19.8 Å². The van der Waals surface area contributed by atoms with E-state index in [1.807, 2.05) is 65.6 Å². The number of carbonyl (C=O) groups excluding carboxylic acids is 1. The van der Waals surface area contributed by atoms with Gasteiger partial charge in [-0.3, -0.25) is 4.79 Å². The van der Waals surface area contributed by atoms with E-state index in [4.69, 9.17) is 14.7 Å². The van der Waals surface area contributed by atoms with Crippen LogP contribution in [0.2, 0.25) is 0 Å². The van der Waals surface area contributed by atoms with Gasteiger partial charge in [-0.25, -0.2) is 9.97 Å². The van der Waals surface area contributed by atoms with E-state index in [9.17, 15) is 4.79 Å². The van der Waals surface area contributed by atoms with Crippen LogP contribution in [0.5, 0.6) is 5.75 Å². The van der Waals surface area contributed by atoms with Crippen LogP contribution in [-0.4, -0.2) is 54.1 Å². The topological polar surface area (TPSA) is 58.6 Å². The van der Waals surface area contributed by atoms with Crippen molar-refractivity contribution >= 4 is 11.7 Å². The largest absolute Gasteiger partial charge is 0.497 e. The molecule has 0 atom stereocenters. The summed E-state index contributed by atoms with van der Waals surface area (Å²) in [5.74, 6) is 2.50. The molecule has 1 aliphatic rings. The lowest BCUT2D eigenvalue weighted by Crippen LogP contribution is -2.35. The molecular formula is C31H32N4O2. The van der Waals surface area contributed by atoms with Crippen molar-refractivity contribution in [3.05, 3.63) is 107 Å². The van der Waals surface area contributed by atoms with E-state index in [1.165, 1.54) is 5.56 Å². The molecule has 37 heavy (non-hydrogen) atoms. The zero-order chi connectivity index (χ0) is 25.6. The second kappa shape index (κ2) is 11.2. The van der Waals surface area contributed by atoms with Gasteiger partial charge in [0.15, 0.2) is 5.82 Å². The number of anilines is 1. The highest BCUT2D eigenvalue weighted by molar-refractivity contribution is 5.94. The van der Waals surface area contributed by atoms with Gasteiger partial charge < -0.3 is 14.5 Å². The maximum atomic E-state index is 13.2. The third-order valence-electron chi connectivity index (χ3n) is 6.87. The highest BCUT2D eigenvalue weighted by Gasteiger charge is 2.24. The van der Waals surface area contributed by atoms with Crippen molar-refractivity contribution in [2.75, 3.05) is 38.2 Å². The van der Waals surface area contributed by atoms with Crippen molar-refractivity contribution < 1.29 is 9.53 Å². The summed E-state index contributed by atoms with van der Waals surface area (Å²) in [6.45, 7) is 4.98. The van der Waals surface area contributed by atoms with Crippen molar-refractivity contribution in [1.82, 2.24) is 14.9 Å². The molecule has 3 aromatic carbocycles. The summed E-state index contributed by atoms with van der Waals surface area (Å²) in [4.78, 5) is 27.5. The lowest BCUT2D eigenvalue weighted by atomic mass is 10.0. The van der Waals surface area contributed by atoms with Gasteiger partial charge in [0, 0.05) is 55.0 Å². The number of amides is 1. The van der Waals surface area contributed by atoms with Gasteiger partial charge in [-0.2, -0.15) is 0 Å². The zero-order valence-corrected chi connectivity index (χ0v) is 21.4. The normalized spacial score (nSPS) is 13.8. The predicted octanol–water partition coefficient (Wildman–Crippen LogP) is 5.40. The Kier molecular flexibility index (Phi) is 7.45. The Morgan fingerprint density at radius 1 is 0.838 bits per heavy atom. The number of carbonyl (C=O) groups is 1. The molecule has 4 aromatic rings.